The first-order valence-corrected chi connectivity index (χ1v) is 20.8. The summed E-state index contributed by atoms with van der Waals surface area (Å²) >= 11 is 0. The highest BCUT2D eigenvalue weighted by Gasteiger charge is 2.22. The van der Waals surface area contributed by atoms with E-state index >= 15 is 0 Å². The van der Waals surface area contributed by atoms with E-state index in [9.17, 15) is 0 Å². The van der Waals surface area contributed by atoms with E-state index in [-0.39, 0.29) is 0 Å². The number of para-hydroxylation sites is 2. The van der Waals surface area contributed by atoms with Gasteiger partial charge in [-0.05, 0) is 64.2 Å². The first-order chi connectivity index (χ1) is 30.7. The summed E-state index contributed by atoms with van der Waals surface area (Å²) in [6.45, 7) is 0. The van der Waals surface area contributed by atoms with Crippen LogP contribution in [0.25, 0.3) is 89.5 Å². The lowest BCUT2D eigenvalue weighted by Gasteiger charge is -2.26. The Bertz CT molecular complexity index is 3170. The van der Waals surface area contributed by atoms with E-state index in [4.69, 9.17) is 19.4 Å². The zero-order valence-corrected chi connectivity index (χ0v) is 33.6. The van der Waals surface area contributed by atoms with E-state index < -0.39 is 0 Å². The van der Waals surface area contributed by atoms with Gasteiger partial charge in [-0.3, -0.25) is 0 Å². The van der Waals surface area contributed by atoms with Crippen molar-refractivity contribution >= 4 is 39.0 Å². The van der Waals surface area contributed by atoms with E-state index in [2.05, 4.69) is 163 Å². The van der Waals surface area contributed by atoms with E-state index in [1.807, 2.05) is 72.8 Å². The summed E-state index contributed by atoms with van der Waals surface area (Å²) in [4.78, 5) is 17.2. The Kier molecular flexibility index (Phi) is 9.45. The molecule has 5 heteroatoms. The molecule has 0 atom stereocenters. The molecular weight excluding hydrogens is 757 g/mol. The zero-order chi connectivity index (χ0) is 41.2. The molecular formula is C57H38N4O. The predicted octanol–water partition coefficient (Wildman–Crippen LogP) is 15.2. The second-order valence-corrected chi connectivity index (χ2v) is 15.2. The molecule has 11 aromatic rings. The van der Waals surface area contributed by atoms with Gasteiger partial charge in [-0.2, -0.15) is 0 Å². The minimum absolute atomic E-state index is 0.603. The molecule has 0 aliphatic heterocycles. The summed E-state index contributed by atoms with van der Waals surface area (Å²) in [5.74, 6) is 1.85. The van der Waals surface area contributed by atoms with Crippen LogP contribution in [0.3, 0.4) is 0 Å². The van der Waals surface area contributed by atoms with E-state index in [0.717, 1.165) is 77.9 Å². The number of anilines is 3. The maximum Gasteiger partial charge on any atom is 0.164 e. The molecule has 2 heterocycles. The number of furan rings is 1. The first kappa shape index (κ1) is 36.7. The second-order valence-electron chi connectivity index (χ2n) is 15.2. The average molecular weight is 795 g/mol. The third kappa shape index (κ3) is 6.97. The van der Waals surface area contributed by atoms with Crippen LogP contribution in [0.2, 0.25) is 0 Å². The van der Waals surface area contributed by atoms with Gasteiger partial charge in [0.2, 0.25) is 0 Å². The lowest BCUT2D eigenvalue weighted by molar-refractivity contribution is 0.670. The van der Waals surface area contributed by atoms with Gasteiger partial charge >= 0.3 is 0 Å². The lowest BCUT2D eigenvalue weighted by Crippen LogP contribution is -2.10. The van der Waals surface area contributed by atoms with E-state index in [0.29, 0.717) is 17.5 Å². The lowest BCUT2D eigenvalue weighted by atomic mass is 10.00. The van der Waals surface area contributed by atoms with Gasteiger partial charge in [0, 0.05) is 44.4 Å². The van der Waals surface area contributed by atoms with Crippen molar-refractivity contribution in [3.63, 3.8) is 0 Å². The molecule has 2 aromatic heterocycles. The molecule has 0 N–H and O–H groups in total. The van der Waals surface area contributed by atoms with Crippen molar-refractivity contribution in [3.8, 4) is 67.5 Å². The SMILES string of the molecule is c1ccc(-c2ccc(N(c3ccc(-c4ccccc4)cc3)c3cccc4c3oc3c(-c5cccc(-c6nc(-c7ccccc7)nc(-c7ccccc7)n6)c5)cccc34)cc2)cc1. The van der Waals surface area contributed by atoms with Crippen molar-refractivity contribution in [2.24, 2.45) is 0 Å². The molecule has 0 radical (unpaired) electrons. The third-order valence-electron chi connectivity index (χ3n) is 11.3. The minimum atomic E-state index is 0.603. The van der Waals surface area contributed by atoms with Crippen LogP contribution in [-0.4, -0.2) is 15.0 Å². The molecule has 11 rings (SSSR count). The monoisotopic (exact) mass is 794 g/mol. The van der Waals surface area contributed by atoms with Crippen molar-refractivity contribution in [1.29, 1.82) is 0 Å². The number of benzene rings is 9. The molecule has 0 saturated carbocycles. The van der Waals surface area contributed by atoms with Gasteiger partial charge in [-0.1, -0.05) is 194 Å². The molecule has 0 spiro atoms. The molecule has 0 amide bonds. The average Bonchev–Trinajstić information content (AvgIpc) is 3.75. The zero-order valence-electron chi connectivity index (χ0n) is 33.6. The number of aromatic nitrogens is 3. The van der Waals surface area contributed by atoms with Crippen molar-refractivity contribution in [1.82, 2.24) is 15.0 Å². The molecule has 0 saturated heterocycles. The van der Waals surface area contributed by atoms with Crippen LogP contribution in [0.5, 0.6) is 0 Å². The summed E-state index contributed by atoms with van der Waals surface area (Å²) in [7, 11) is 0. The topological polar surface area (TPSA) is 55.1 Å². The maximum atomic E-state index is 7.10. The third-order valence-corrected chi connectivity index (χ3v) is 11.3. The van der Waals surface area contributed by atoms with Gasteiger partial charge < -0.3 is 9.32 Å². The number of hydrogen-bond acceptors (Lipinski definition) is 5. The largest absolute Gasteiger partial charge is 0.453 e. The summed E-state index contributed by atoms with van der Waals surface area (Å²) in [5.41, 5.74) is 14.0. The predicted molar refractivity (Wildman–Crippen MR) is 254 cm³/mol. The van der Waals surface area contributed by atoms with E-state index in [1.54, 1.807) is 0 Å². The number of hydrogen-bond donors (Lipinski definition) is 0. The Morgan fingerprint density at radius 1 is 0.290 bits per heavy atom. The molecule has 292 valence electrons. The second kappa shape index (κ2) is 16.0. The molecule has 0 unspecified atom stereocenters. The first-order valence-electron chi connectivity index (χ1n) is 20.8. The van der Waals surface area contributed by atoms with Gasteiger partial charge in [0.1, 0.15) is 5.58 Å². The Hall–Kier alpha value is -8.41. The van der Waals surface area contributed by atoms with Crippen LogP contribution in [0.15, 0.2) is 235 Å². The fraction of sp³-hybridized carbons (Fsp3) is 0. The molecule has 5 nitrogen and oxygen atoms in total. The molecule has 9 aromatic carbocycles. The quantitative estimate of drug-likeness (QED) is 0.146. The van der Waals surface area contributed by atoms with Crippen LogP contribution < -0.4 is 4.90 Å². The van der Waals surface area contributed by atoms with Crippen LogP contribution in [0.1, 0.15) is 0 Å². The van der Waals surface area contributed by atoms with Gasteiger partial charge in [0.15, 0.2) is 23.1 Å². The summed E-state index contributed by atoms with van der Waals surface area (Å²) < 4.78 is 7.10. The van der Waals surface area contributed by atoms with Crippen molar-refractivity contribution in [2.45, 2.75) is 0 Å². The standard InChI is InChI=1S/C57H38N4O/c1-5-16-39(17-6-1)41-30-34-47(35-31-41)61(48-36-32-42(33-37-48)40-18-7-2-8-19-40)52-29-15-28-51-50-27-14-26-49(53(50)62-54(51)52)45-24-13-25-46(38-45)57-59-55(43-20-9-3-10-21-43)58-56(60-57)44-22-11-4-12-23-44/h1-38H. The van der Waals surface area contributed by atoms with Gasteiger partial charge in [0.25, 0.3) is 0 Å². The number of nitrogens with zero attached hydrogens (tertiary/aromatic N) is 4. The summed E-state index contributed by atoms with van der Waals surface area (Å²) in [6.07, 6.45) is 0. The van der Waals surface area contributed by atoms with Crippen molar-refractivity contribution < 1.29 is 4.42 Å². The van der Waals surface area contributed by atoms with Crippen LogP contribution in [0, 0.1) is 0 Å². The smallest absolute Gasteiger partial charge is 0.164 e. The fourth-order valence-corrected chi connectivity index (χ4v) is 8.27. The summed E-state index contributed by atoms with van der Waals surface area (Å²) in [5, 5.41) is 2.08. The number of rotatable bonds is 9. The molecule has 62 heavy (non-hydrogen) atoms. The Morgan fingerprint density at radius 3 is 1.19 bits per heavy atom. The van der Waals surface area contributed by atoms with Gasteiger partial charge in [-0.15, -0.1) is 0 Å². The normalized spacial score (nSPS) is 11.2. The number of fused-ring (bicyclic) bond motifs is 3. The van der Waals surface area contributed by atoms with Gasteiger partial charge in [-0.25, -0.2) is 15.0 Å². The summed E-state index contributed by atoms with van der Waals surface area (Å²) in [6, 6.07) is 79.9. The molecule has 0 aliphatic rings. The van der Waals surface area contributed by atoms with Crippen molar-refractivity contribution in [3.05, 3.63) is 231 Å². The minimum Gasteiger partial charge on any atom is -0.453 e. The van der Waals surface area contributed by atoms with Gasteiger partial charge in [0.05, 0.1) is 5.69 Å². The Balaban J connectivity index is 1.03. The molecule has 0 bridgehead atoms. The highest BCUT2D eigenvalue weighted by atomic mass is 16.3. The van der Waals surface area contributed by atoms with Crippen molar-refractivity contribution in [2.75, 3.05) is 4.90 Å². The molecule has 0 fully saturated rings. The highest BCUT2D eigenvalue weighted by molar-refractivity contribution is 6.13. The molecule has 0 aliphatic carbocycles. The van der Waals surface area contributed by atoms with Crippen LogP contribution in [-0.2, 0) is 0 Å². The Morgan fingerprint density at radius 2 is 0.677 bits per heavy atom. The Labute approximate surface area is 359 Å². The maximum absolute atomic E-state index is 7.10. The fourth-order valence-electron chi connectivity index (χ4n) is 8.27. The highest BCUT2D eigenvalue weighted by Crippen LogP contribution is 2.45. The van der Waals surface area contributed by atoms with Crippen LogP contribution in [0.4, 0.5) is 17.1 Å². The van der Waals surface area contributed by atoms with Crippen LogP contribution >= 0.6 is 0 Å². The van der Waals surface area contributed by atoms with E-state index in [1.165, 1.54) is 11.1 Å².